The van der Waals surface area contributed by atoms with Gasteiger partial charge in [0.25, 0.3) is 0 Å². The molecule has 0 spiro atoms. The highest BCUT2D eigenvalue weighted by molar-refractivity contribution is 5.94. The molecule has 0 unspecified atom stereocenters. The summed E-state index contributed by atoms with van der Waals surface area (Å²) in [5.41, 5.74) is 0.433. The smallest absolute Gasteiger partial charge is 0.360 e. The number of aromatic nitrogens is 3. The van der Waals surface area contributed by atoms with Gasteiger partial charge in [0.05, 0.1) is 26.0 Å². The molecule has 0 saturated carbocycles. The van der Waals surface area contributed by atoms with Gasteiger partial charge in [-0.2, -0.15) is 0 Å². The molecule has 1 heterocycles. The van der Waals surface area contributed by atoms with Crippen LogP contribution < -0.4 is 10.6 Å². The van der Waals surface area contributed by atoms with Gasteiger partial charge in [-0.25, -0.2) is 14.3 Å². The van der Waals surface area contributed by atoms with E-state index in [4.69, 9.17) is 4.74 Å². The minimum atomic E-state index is -0.636. The van der Waals surface area contributed by atoms with E-state index >= 15 is 0 Å². The lowest BCUT2D eigenvalue weighted by molar-refractivity contribution is -0.120. The van der Waals surface area contributed by atoms with Crippen molar-refractivity contribution in [2.75, 3.05) is 21.3 Å². The van der Waals surface area contributed by atoms with Crippen molar-refractivity contribution in [1.82, 2.24) is 25.6 Å². The molecular weight excluding hydrogens is 282 g/mol. The van der Waals surface area contributed by atoms with E-state index in [1.807, 2.05) is 0 Å². The Morgan fingerprint density at radius 2 is 2.00 bits per heavy atom. The first-order chi connectivity index (χ1) is 10.0. The maximum Gasteiger partial charge on any atom is 0.360 e. The predicted octanol–water partition coefficient (Wildman–Crippen LogP) is -0.943. The molecule has 2 N–H and O–H groups in total. The summed E-state index contributed by atoms with van der Waals surface area (Å²) in [5.74, 6) is -1.11. The number of rotatable bonds is 6. The second-order valence-electron chi connectivity index (χ2n) is 3.91. The van der Waals surface area contributed by atoms with E-state index in [1.54, 1.807) is 0 Å². The number of nitrogens with zero attached hydrogens (tertiary/aromatic N) is 3. The van der Waals surface area contributed by atoms with Crippen molar-refractivity contribution in [1.29, 1.82) is 0 Å². The van der Waals surface area contributed by atoms with Gasteiger partial charge in [0.15, 0.2) is 5.69 Å². The number of carbonyl (C=O) groups is 3. The molecular formula is C11H17N5O5. The van der Waals surface area contributed by atoms with Crippen LogP contribution in [-0.2, 0) is 27.4 Å². The van der Waals surface area contributed by atoms with E-state index in [0.717, 1.165) is 0 Å². The van der Waals surface area contributed by atoms with Crippen LogP contribution in [0.2, 0.25) is 0 Å². The summed E-state index contributed by atoms with van der Waals surface area (Å²) >= 11 is 0. The minimum Gasteiger partial charge on any atom is -0.464 e. The Morgan fingerprint density at radius 3 is 2.57 bits per heavy atom. The molecule has 10 heteroatoms. The van der Waals surface area contributed by atoms with Crippen molar-refractivity contribution in [3.8, 4) is 0 Å². The number of nitrogens with one attached hydrogen (secondary N) is 2. The summed E-state index contributed by atoms with van der Waals surface area (Å²) < 4.78 is 10.9. The highest BCUT2D eigenvalue weighted by Gasteiger charge is 2.20. The molecule has 1 rings (SSSR count). The van der Waals surface area contributed by atoms with Crippen LogP contribution >= 0.6 is 0 Å². The maximum absolute atomic E-state index is 11.5. The van der Waals surface area contributed by atoms with Gasteiger partial charge < -0.3 is 14.8 Å². The van der Waals surface area contributed by atoms with Crippen LogP contribution in [0.1, 0.15) is 22.6 Å². The fourth-order valence-electron chi connectivity index (χ4n) is 1.51. The Morgan fingerprint density at radius 1 is 1.29 bits per heavy atom. The van der Waals surface area contributed by atoms with Gasteiger partial charge in [-0.05, 0) is 0 Å². The molecule has 0 saturated heterocycles. The third-order valence-corrected chi connectivity index (χ3v) is 2.53. The number of aryl methyl sites for hydroxylation is 1. The zero-order valence-corrected chi connectivity index (χ0v) is 12.0. The predicted molar refractivity (Wildman–Crippen MR) is 69.3 cm³/mol. The number of carbonyl (C=O) groups excluding carboxylic acids is 3. The van der Waals surface area contributed by atoms with Crippen molar-refractivity contribution in [3.63, 3.8) is 0 Å². The van der Waals surface area contributed by atoms with E-state index in [-0.39, 0.29) is 25.3 Å². The minimum absolute atomic E-state index is 0.00585. The van der Waals surface area contributed by atoms with Crippen LogP contribution in [0.25, 0.3) is 0 Å². The van der Waals surface area contributed by atoms with Gasteiger partial charge in [-0.1, -0.05) is 5.21 Å². The van der Waals surface area contributed by atoms with Gasteiger partial charge in [0.1, 0.15) is 0 Å². The van der Waals surface area contributed by atoms with Gasteiger partial charge in [-0.15, -0.1) is 5.10 Å². The van der Waals surface area contributed by atoms with E-state index in [0.29, 0.717) is 5.69 Å². The Balaban J connectivity index is 2.74. The Hall–Kier alpha value is -2.49. The zero-order chi connectivity index (χ0) is 15.8. The first-order valence-electron chi connectivity index (χ1n) is 6.04. The SMILES string of the molecule is CNC(=O)NC(=O)CCn1nnc(C(=O)OC)c1COC. The van der Waals surface area contributed by atoms with Gasteiger partial charge in [-0.3, -0.25) is 10.1 Å². The fourth-order valence-corrected chi connectivity index (χ4v) is 1.51. The number of hydrogen-bond donors (Lipinski definition) is 2. The van der Waals surface area contributed by atoms with Crippen LogP contribution in [0.5, 0.6) is 0 Å². The molecule has 1 aromatic heterocycles. The van der Waals surface area contributed by atoms with Crippen molar-refractivity contribution in [2.24, 2.45) is 0 Å². The largest absolute Gasteiger partial charge is 0.464 e. The number of ether oxygens (including phenoxy) is 2. The van der Waals surface area contributed by atoms with Crippen molar-refractivity contribution < 1.29 is 23.9 Å². The first kappa shape index (κ1) is 16.6. The molecule has 0 aromatic carbocycles. The summed E-state index contributed by atoms with van der Waals surface area (Å²) in [6, 6.07) is -0.592. The van der Waals surface area contributed by atoms with Crippen LogP contribution in [0.4, 0.5) is 4.79 Å². The number of esters is 1. The molecule has 0 fully saturated rings. The van der Waals surface area contributed by atoms with Crippen LogP contribution in [-0.4, -0.2) is 54.2 Å². The summed E-state index contributed by atoms with van der Waals surface area (Å²) in [7, 11) is 4.09. The molecule has 0 bridgehead atoms. The fraction of sp³-hybridized carbons (Fsp3) is 0.545. The lowest BCUT2D eigenvalue weighted by Gasteiger charge is -2.07. The average Bonchev–Trinajstić information content (AvgIpc) is 2.87. The first-order valence-corrected chi connectivity index (χ1v) is 6.04. The molecule has 3 amide bonds. The summed E-state index contributed by atoms with van der Waals surface area (Å²) in [6.45, 7) is 0.236. The molecule has 21 heavy (non-hydrogen) atoms. The van der Waals surface area contributed by atoms with Crippen LogP contribution in [0.15, 0.2) is 0 Å². The number of imide groups is 1. The number of amides is 3. The Bertz CT molecular complexity index is 527. The van der Waals surface area contributed by atoms with E-state index in [9.17, 15) is 14.4 Å². The van der Waals surface area contributed by atoms with Crippen molar-refractivity contribution >= 4 is 17.9 Å². The number of hydrogen-bond acceptors (Lipinski definition) is 7. The molecule has 0 aliphatic heterocycles. The lowest BCUT2D eigenvalue weighted by Crippen LogP contribution is -2.37. The second kappa shape index (κ2) is 7.94. The van der Waals surface area contributed by atoms with Gasteiger partial charge in [0, 0.05) is 20.6 Å². The zero-order valence-electron chi connectivity index (χ0n) is 12.0. The Kier molecular flexibility index (Phi) is 6.27. The quantitative estimate of drug-likeness (QED) is 0.649. The number of urea groups is 1. The van der Waals surface area contributed by atoms with E-state index < -0.39 is 17.9 Å². The third-order valence-electron chi connectivity index (χ3n) is 2.53. The lowest BCUT2D eigenvalue weighted by atomic mass is 10.3. The van der Waals surface area contributed by atoms with Crippen molar-refractivity contribution in [3.05, 3.63) is 11.4 Å². The summed E-state index contributed by atoms with van der Waals surface area (Å²) in [4.78, 5) is 34.0. The molecule has 0 aliphatic rings. The summed E-state index contributed by atoms with van der Waals surface area (Å²) in [6.07, 6.45) is -0.00585. The third kappa shape index (κ3) is 4.53. The normalized spacial score (nSPS) is 10.0. The van der Waals surface area contributed by atoms with Gasteiger partial charge >= 0.3 is 12.0 Å². The maximum atomic E-state index is 11.5. The summed E-state index contributed by atoms with van der Waals surface area (Å²) in [5, 5.41) is 11.9. The topological polar surface area (TPSA) is 124 Å². The molecule has 0 atom stereocenters. The number of methoxy groups -OCH3 is 2. The monoisotopic (exact) mass is 299 g/mol. The van der Waals surface area contributed by atoms with E-state index in [2.05, 4.69) is 25.7 Å². The van der Waals surface area contributed by atoms with E-state index in [1.165, 1.54) is 25.9 Å². The van der Waals surface area contributed by atoms with Gasteiger partial charge in [0.2, 0.25) is 5.91 Å². The van der Waals surface area contributed by atoms with Crippen molar-refractivity contribution in [2.45, 2.75) is 19.6 Å². The van der Waals surface area contributed by atoms with Crippen LogP contribution in [0, 0.1) is 0 Å². The standard InChI is InChI=1S/C11H17N5O5/c1-12-11(19)13-8(17)4-5-16-7(6-20-2)9(14-15-16)10(18)21-3/h4-6H2,1-3H3,(H2,12,13,17,19). The molecule has 10 nitrogen and oxygen atoms in total. The second-order valence-corrected chi connectivity index (χ2v) is 3.91. The molecule has 116 valence electrons. The highest BCUT2D eigenvalue weighted by Crippen LogP contribution is 2.09. The highest BCUT2D eigenvalue weighted by atomic mass is 16.5. The Labute approximate surface area is 120 Å². The molecule has 1 aromatic rings. The molecule has 0 aliphatic carbocycles. The van der Waals surface area contributed by atoms with Crippen LogP contribution in [0.3, 0.4) is 0 Å². The molecule has 0 radical (unpaired) electrons. The average molecular weight is 299 g/mol.